The van der Waals surface area contributed by atoms with Gasteiger partial charge < -0.3 is 15.0 Å². The lowest BCUT2D eigenvalue weighted by atomic mass is 10.1. The Balaban J connectivity index is 1.35. The Bertz CT molecular complexity index is 1130. The minimum atomic E-state index is 0.242. The molecule has 1 aromatic carbocycles. The van der Waals surface area contributed by atoms with E-state index in [1.165, 1.54) is 5.56 Å². The maximum absolute atomic E-state index is 5.62. The van der Waals surface area contributed by atoms with Crippen molar-refractivity contribution in [3.8, 4) is 11.1 Å². The summed E-state index contributed by atoms with van der Waals surface area (Å²) in [6.45, 7) is 5.27. The molecule has 3 aromatic heterocycles. The normalized spacial score (nSPS) is 16.7. The van der Waals surface area contributed by atoms with Crippen LogP contribution in [0, 0.1) is 0 Å². The van der Waals surface area contributed by atoms with Crippen molar-refractivity contribution in [2.75, 3.05) is 29.9 Å². The summed E-state index contributed by atoms with van der Waals surface area (Å²) in [6, 6.07) is 14.6. The van der Waals surface area contributed by atoms with Crippen molar-refractivity contribution in [2.45, 2.75) is 19.6 Å². The third-order valence-electron chi connectivity index (χ3n) is 5.29. The third kappa shape index (κ3) is 3.86. The Labute approximate surface area is 179 Å². The highest BCUT2D eigenvalue weighted by Gasteiger charge is 2.18. The number of morpholine rings is 1. The average molecular weight is 418 g/mol. The van der Waals surface area contributed by atoms with E-state index < -0.39 is 0 Å². The van der Waals surface area contributed by atoms with Gasteiger partial charge in [0.1, 0.15) is 22.8 Å². The summed E-state index contributed by atoms with van der Waals surface area (Å²) < 4.78 is 5.62. The lowest BCUT2D eigenvalue weighted by Crippen LogP contribution is -2.41. The van der Waals surface area contributed by atoms with Crippen molar-refractivity contribution >= 4 is 33.2 Å². The standard InChI is InChI=1S/C23H23N5OS/c1-16-13-28(9-10-29-16)20-8-7-17(11-24-20)12-25-22-21-19(18-5-3-2-4-6-18)14-30-23(21)27-15-26-22/h2-8,11,14-16H,9-10,12-13H2,1H3,(H,25,26,27). The van der Waals surface area contributed by atoms with E-state index in [1.807, 2.05) is 12.3 Å². The van der Waals surface area contributed by atoms with Crippen LogP contribution >= 0.6 is 11.3 Å². The summed E-state index contributed by atoms with van der Waals surface area (Å²) in [6.07, 6.45) is 3.80. The molecular weight excluding hydrogens is 394 g/mol. The van der Waals surface area contributed by atoms with Gasteiger partial charge in [-0.25, -0.2) is 15.0 Å². The SMILES string of the molecule is CC1CN(c2ccc(CNc3ncnc4scc(-c5ccccc5)c34)cn2)CCO1. The third-order valence-corrected chi connectivity index (χ3v) is 6.18. The van der Waals surface area contributed by atoms with E-state index >= 15 is 0 Å². The Hall–Kier alpha value is -3.03. The van der Waals surface area contributed by atoms with Crippen molar-refractivity contribution in [1.82, 2.24) is 15.0 Å². The van der Waals surface area contributed by atoms with E-state index in [-0.39, 0.29) is 6.10 Å². The molecule has 1 N–H and O–H groups in total. The summed E-state index contributed by atoms with van der Waals surface area (Å²) >= 11 is 1.64. The van der Waals surface area contributed by atoms with Gasteiger partial charge in [0.05, 0.1) is 18.1 Å². The summed E-state index contributed by atoms with van der Waals surface area (Å²) in [4.78, 5) is 16.9. The van der Waals surface area contributed by atoms with Gasteiger partial charge in [0.15, 0.2) is 0 Å². The Morgan fingerprint density at radius 1 is 1.13 bits per heavy atom. The van der Waals surface area contributed by atoms with Crippen LogP contribution in [0.5, 0.6) is 0 Å². The lowest BCUT2D eigenvalue weighted by molar-refractivity contribution is 0.0529. The minimum Gasteiger partial charge on any atom is -0.375 e. The average Bonchev–Trinajstić information content (AvgIpc) is 3.24. The molecule has 1 aliphatic rings. The van der Waals surface area contributed by atoms with Crippen molar-refractivity contribution in [3.63, 3.8) is 0 Å². The first kappa shape index (κ1) is 19.0. The Kier molecular flexibility index (Phi) is 5.29. The fourth-order valence-electron chi connectivity index (χ4n) is 3.76. The highest BCUT2D eigenvalue weighted by Crippen LogP contribution is 2.36. The second kappa shape index (κ2) is 8.38. The zero-order chi connectivity index (χ0) is 20.3. The van der Waals surface area contributed by atoms with Gasteiger partial charge in [-0.3, -0.25) is 0 Å². The van der Waals surface area contributed by atoms with Crippen LogP contribution in [-0.2, 0) is 11.3 Å². The van der Waals surface area contributed by atoms with Gasteiger partial charge >= 0.3 is 0 Å². The molecule has 7 heteroatoms. The van der Waals surface area contributed by atoms with E-state index in [2.05, 4.69) is 73.9 Å². The van der Waals surface area contributed by atoms with Crippen molar-refractivity contribution in [3.05, 3.63) is 65.9 Å². The zero-order valence-electron chi connectivity index (χ0n) is 16.8. The molecule has 0 spiro atoms. The summed E-state index contributed by atoms with van der Waals surface area (Å²) in [5, 5.41) is 6.71. The van der Waals surface area contributed by atoms with Crippen LogP contribution in [0.4, 0.5) is 11.6 Å². The van der Waals surface area contributed by atoms with Crippen LogP contribution in [0.25, 0.3) is 21.3 Å². The number of hydrogen-bond donors (Lipinski definition) is 1. The van der Waals surface area contributed by atoms with Gasteiger partial charge in [0.2, 0.25) is 0 Å². The Morgan fingerprint density at radius 2 is 2.03 bits per heavy atom. The predicted molar refractivity (Wildman–Crippen MR) is 122 cm³/mol. The maximum Gasteiger partial charge on any atom is 0.139 e. The highest BCUT2D eigenvalue weighted by molar-refractivity contribution is 7.17. The topological polar surface area (TPSA) is 63.2 Å². The van der Waals surface area contributed by atoms with Crippen LogP contribution in [0.3, 0.4) is 0 Å². The molecule has 4 aromatic rings. The first-order chi connectivity index (χ1) is 14.8. The molecule has 4 heterocycles. The zero-order valence-corrected chi connectivity index (χ0v) is 17.6. The van der Waals surface area contributed by atoms with E-state index in [0.29, 0.717) is 6.54 Å². The second-order valence-corrected chi connectivity index (χ2v) is 8.28. The van der Waals surface area contributed by atoms with Gasteiger partial charge in [-0.05, 0) is 24.1 Å². The predicted octanol–water partition coefficient (Wildman–Crippen LogP) is 4.59. The monoisotopic (exact) mass is 417 g/mol. The van der Waals surface area contributed by atoms with Crippen molar-refractivity contribution in [2.24, 2.45) is 0 Å². The molecule has 1 saturated heterocycles. The number of ether oxygens (including phenoxy) is 1. The van der Waals surface area contributed by atoms with Gasteiger partial charge in [-0.1, -0.05) is 36.4 Å². The minimum absolute atomic E-state index is 0.242. The number of anilines is 2. The first-order valence-electron chi connectivity index (χ1n) is 10.1. The molecule has 1 fully saturated rings. The summed E-state index contributed by atoms with van der Waals surface area (Å²) in [7, 11) is 0. The van der Waals surface area contributed by atoms with Crippen LogP contribution in [0.15, 0.2) is 60.4 Å². The van der Waals surface area contributed by atoms with Crippen LogP contribution in [0.1, 0.15) is 12.5 Å². The summed E-state index contributed by atoms with van der Waals surface area (Å²) in [5.74, 6) is 1.86. The number of fused-ring (bicyclic) bond motifs is 1. The smallest absolute Gasteiger partial charge is 0.139 e. The molecule has 1 unspecified atom stereocenters. The van der Waals surface area contributed by atoms with Gasteiger partial charge in [-0.2, -0.15) is 0 Å². The molecule has 0 aliphatic carbocycles. The molecule has 0 saturated carbocycles. The summed E-state index contributed by atoms with van der Waals surface area (Å²) in [5.41, 5.74) is 3.45. The molecule has 0 radical (unpaired) electrons. The van der Waals surface area contributed by atoms with Crippen molar-refractivity contribution < 1.29 is 4.74 Å². The largest absolute Gasteiger partial charge is 0.375 e. The molecule has 1 atom stereocenters. The van der Waals surface area contributed by atoms with Gasteiger partial charge in [-0.15, -0.1) is 11.3 Å². The number of aromatic nitrogens is 3. The van der Waals surface area contributed by atoms with Crippen LogP contribution in [0.2, 0.25) is 0 Å². The molecule has 1 aliphatic heterocycles. The molecule has 152 valence electrons. The van der Waals surface area contributed by atoms with E-state index in [4.69, 9.17) is 4.74 Å². The molecule has 0 amide bonds. The Morgan fingerprint density at radius 3 is 2.83 bits per heavy atom. The van der Waals surface area contributed by atoms with Gasteiger partial charge in [0, 0.05) is 36.8 Å². The second-order valence-electron chi connectivity index (χ2n) is 7.42. The number of pyridine rings is 1. The first-order valence-corrected chi connectivity index (χ1v) is 11.0. The van der Waals surface area contributed by atoms with Gasteiger partial charge in [0.25, 0.3) is 0 Å². The van der Waals surface area contributed by atoms with Crippen LogP contribution < -0.4 is 10.2 Å². The van der Waals surface area contributed by atoms with Crippen LogP contribution in [-0.4, -0.2) is 40.8 Å². The molecule has 5 rings (SSSR count). The highest BCUT2D eigenvalue weighted by atomic mass is 32.1. The number of rotatable bonds is 5. The maximum atomic E-state index is 5.62. The van der Waals surface area contributed by atoms with E-state index in [1.54, 1.807) is 17.7 Å². The molecule has 6 nitrogen and oxygen atoms in total. The van der Waals surface area contributed by atoms with E-state index in [0.717, 1.165) is 52.7 Å². The molecule has 0 bridgehead atoms. The van der Waals surface area contributed by atoms with E-state index in [9.17, 15) is 0 Å². The molecule has 30 heavy (non-hydrogen) atoms. The van der Waals surface area contributed by atoms with Crippen molar-refractivity contribution in [1.29, 1.82) is 0 Å². The number of nitrogens with one attached hydrogen (secondary N) is 1. The number of nitrogens with zero attached hydrogens (tertiary/aromatic N) is 4. The fourth-order valence-corrected chi connectivity index (χ4v) is 4.68. The lowest BCUT2D eigenvalue weighted by Gasteiger charge is -2.32. The number of thiophene rings is 1. The number of benzene rings is 1. The number of hydrogen-bond acceptors (Lipinski definition) is 7. The molecular formula is C23H23N5OS. The fraction of sp³-hybridized carbons (Fsp3) is 0.261. The quantitative estimate of drug-likeness (QED) is 0.512.